The minimum absolute atomic E-state index is 0.669. The summed E-state index contributed by atoms with van der Waals surface area (Å²) in [5.74, 6) is 3.25. The van der Waals surface area contributed by atoms with Gasteiger partial charge in [0.1, 0.15) is 11.6 Å². The van der Waals surface area contributed by atoms with Gasteiger partial charge in [-0.3, -0.25) is 0 Å². The van der Waals surface area contributed by atoms with Gasteiger partial charge in [0.2, 0.25) is 0 Å². The van der Waals surface area contributed by atoms with E-state index in [9.17, 15) is 0 Å². The number of hydrogen-bond acceptors (Lipinski definition) is 3. The van der Waals surface area contributed by atoms with Crippen molar-refractivity contribution >= 4 is 11.0 Å². The van der Waals surface area contributed by atoms with Crippen LogP contribution in [0.1, 0.15) is 32.5 Å². The van der Waals surface area contributed by atoms with E-state index < -0.39 is 0 Å². The molecule has 4 heteroatoms. The molecular formula is C16H25N3O. The fourth-order valence-corrected chi connectivity index (χ4v) is 2.63. The van der Waals surface area contributed by atoms with Gasteiger partial charge in [-0.2, -0.15) is 0 Å². The fraction of sp³-hybridized carbons (Fsp3) is 0.562. The summed E-state index contributed by atoms with van der Waals surface area (Å²) in [6, 6.07) is 5.93. The highest BCUT2D eigenvalue weighted by Gasteiger charge is 2.13. The normalized spacial score (nSPS) is 13.1. The monoisotopic (exact) mass is 275 g/mol. The Kier molecular flexibility index (Phi) is 5.01. The molecule has 0 fully saturated rings. The molecule has 0 aliphatic carbocycles. The molecule has 1 unspecified atom stereocenters. The third kappa shape index (κ3) is 3.51. The number of H-pyrrole nitrogens is 1. The van der Waals surface area contributed by atoms with E-state index in [1.54, 1.807) is 7.11 Å². The highest BCUT2D eigenvalue weighted by atomic mass is 16.5. The number of fused-ring (bicyclic) bond motifs is 1. The first-order chi connectivity index (χ1) is 9.63. The lowest BCUT2D eigenvalue weighted by Crippen LogP contribution is -2.15. The van der Waals surface area contributed by atoms with E-state index in [-0.39, 0.29) is 0 Å². The summed E-state index contributed by atoms with van der Waals surface area (Å²) in [6.45, 7) is 5.30. The molecule has 0 aliphatic rings. The van der Waals surface area contributed by atoms with Crippen molar-refractivity contribution in [2.24, 2.45) is 17.6 Å². The molecule has 2 rings (SSSR count). The molecule has 20 heavy (non-hydrogen) atoms. The first kappa shape index (κ1) is 14.9. The minimum Gasteiger partial charge on any atom is -0.497 e. The highest BCUT2D eigenvalue weighted by Crippen LogP contribution is 2.23. The maximum Gasteiger partial charge on any atom is 0.121 e. The van der Waals surface area contributed by atoms with Crippen molar-refractivity contribution in [2.75, 3.05) is 13.7 Å². The number of nitrogens with zero attached hydrogens (tertiary/aromatic N) is 1. The number of imidazole rings is 1. The standard InChI is InChI=1S/C16H25N3O/c1-11(2)12(8-9-17)4-7-16-18-14-6-5-13(20-3)10-15(14)19-16/h5-6,10-12H,4,7-9,17H2,1-3H3,(H,18,19). The van der Waals surface area contributed by atoms with Crippen LogP contribution in [0, 0.1) is 11.8 Å². The van der Waals surface area contributed by atoms with Crippen LogP contribution >= 0.6 is 0 Å². The molecule has 0 aliphatic heterocycles. The van der Waals surface area contributed by atoms with Crippen LogP contribution in [0.5, 0.6) is 5.75 Å². The van der Waals surface area contributed by atoms with Crippen LogP contribution in [0.2, 0.25) is 0 Å². The summed E-state index contributed by atoms with van der Waals surface area (Å²) in [5, 5.41) is 0. The van der Waals surface area contributed by atoms with Gasteiger partial charge in [0.25, 0.3) is 0 Å². The average Bonchev–Trinajstić information content (AvgIpc) is 2.84. The number of methoxy groups -OCH3 is 1. The Morgan fingerprint density at radius 1 is 1.30 bits per heavy atom. The van der Waals surface area contributed by atoms with E-state index in [1.807, 2.05) is 18.2 Å². The summed E-state index contributed by atoms with van der Waals surface area (Å²) in [6.07, 6.45) is 3.19. The van der Waals surface area contributed by atoms with Crippen LogP contribution in [-0.4, -0.2) is 23.6 Å². The molecule has 0 saturated carbocycles. The summed E-state index contributed by atoms with van der Waals surface area (Å²) in [5.41, 5.74) is 7.73. The number of benzene rings is 1. The molecule has 0 bridgehead atoms. The van der Waals surface area contributed by atoms with Crippen LogP contribution in [0.3, 0.4) is 0 Å². The molecule has 0 saturated heterocycles. The number of nitrogens with two attached hydrogens (primary N) is 1. The molecular weight excluding hydrogens is 250 g/mol. The van der Waals surface area contributed by atoms with Crippen LogP contribution in [0.25, 0.3) is 11.0 Å². The summed E-state index contributed by atoms with van der Waals surface area (Å²) < 4.78 is 5.23. The van der Waals surface area contributed by atoms with E-state index in [2.05, 4.69) is 23.8 Å². The van der Waals surface area contributed by atoms with E-state index in [1.165, 1.54) is 0 Å². The molecule has 2 aromatic rings. The minimum atomic E-state index is 0.669. The van der Waals surface area contributed by atoms with Crippen LogP contribution in [-0.2, 0) is 6.42 Å². The number of aromatic amines is 1. The van der Waals surface area contributed by atoms with Crippen molar-refractivity contribution in [3.8, 4) is 5.75 Å². The van der Waals surface area contributed by atoms with E-state index in [0.717, 1.165) is 48.4 Å². The lowest BCUT2D eigenvalue weighted by atomic mass is 9.88. The van der Waals surface area contributed by atoms with E-state index in [0.29, 0.717) is 11.8 Å². The Labute approximate surface area is 120 Å². The zero-order valence-electron chi connectivity index (χ0n) is 12.6. The van der Waals surface area contributed by atoms with Gasteiger partial charge in [-0.05, 0) is 43.4 Å². The predicted octanol–water partition coefficient (Wildman–Crippen LogP) is 3.13. The molecule has 1 heterocycles. The first-order valence-corrected chi connectivity index (χ1v) is 7.36. The zero-order chi connectivity index (χ0) is 14.5. The predicted molar refractivity (Wildman–Crippen MR) is 83.0 cm³/mol. The fourth-order valence-electron chi connectivity index (χ4n) is 2.63. The Hall–Kier alpha value is -1.55. The smallest absolute Gasteiger partial charge is 0.121 e. The number of nitrogens with one attached hydrogen (secondary N) is 1. The number of rotatable bonds is 7. The Bertz CT molecular complexity index is 548. The number of aromatic nitrogens is 2. The molecule has 0 radical (unpaired) electrons. The lowest BCUT2D eigenvalue weighted by Gasteiger charge is -2.19. The molecule has 1 atom stereocenters. The Morgan fingerprint density at radius 3 is 2.75 bits per heavy atom. The lowest BCUT2D eigenvalue weighted by molar-refractivity contribution is 0.339. The van der Waals surface area contributed by atoms with Gasteiger partial charge >= 0.3 is 0 Å². The third-order valence-corrected chi connectivity index (χ3v) is 3.97. The second kappa shape index (κ2) is 6.75. The molecule has 4 nitrogen and oxygen atoms in total. The summed E-state index contributed by atoms with van der Waals surface area (Å²) in [4.78, 5) is 8.02. The van der Waals surface area contributed by atoms with Crippen LogP contribution in [0.4, 0.5) is 0 Å². The van der Waals surface area contributed by atoms with Gasteiger partial charge in [-0.1, -0.05) is 13.8 Å². The van der Waals surface area contributed by atoms with Crippen LogP contribution < -0.4 is 10.5 Å². The van der Waals surface area contributed by atoms with Gasteiger partial charge in [0, 0.05) is 12.5 Å². The van der Waals surface area contributed by atoms with Crippen molar-refractivity contribution < 1.29 is 4.74 Å². The molecule has 0 amide bonds. The quantitative estimate of drug-likeness (QED) is 0.816. The van der Waals surface area contributed by atoms with Gasteiger partial charge in [0.05, 0.1) is 18.1 Å². The zero-order valence-corrected chi connectivity index (χ0v) is 12.6. The van der Waals surface area contributed by atoms with Gasteiger partial charge < -0.3 is 15.5 Å². The highest BCUT2D eigenvalue weighted by molar-refractivity contribution is 5.76. The molecule has 1 aromatic heterocycles. The largest absolute Gasteiger partial charge is 0.497 e. The second-order valence-corrected chi connectivity index (χ2v) is 5.69. The topological polar surface area (TPSA) is 63.9 Å². The first-order valence-electron chi connectivity index (χ1n) is 7.36. The summed E-state index contributed by atoms with van der Waals surface area (Å²) >= 11 is 0. The second-order valence-electron chi connectivity index (χ2n) is 5.69. The third-order valence-electron chi connectivity index (χ3n) is 3.97. The van der Waals surface area contributed by atoms with Gasteiger partial charge in [-0.15, -0.1) is 0 Å². The van der Waals surface area contributed by atoms with Gasteiger partial charge in [0.15, 0.2) is 0 Å². The van der Waals surface area contributed by atoms with Crippen molar-refractivity contribution in [3.63, 3.8) is 0 Å². The van der Waals surface area contributed by atoms with Crippen molar-refractivity contribution in [2.45, 2.75) is 33.1 Å². The van der Waals surface area contributed by atoms with Crippen molar-refractivity contribution in [3.05, 3.63) is 24.0 Å². The molecule has 1 aromatic carbocycles. The SMILES string of the molecule is COc1ccc2nc(CCC(CCN)C(C)C)[nH]c2c1. The number of ether oxygens (including phenoxy) is 1. The molecule has 0 spiro atoms. The molecule has 110 valence electrons. The van der Waals surface area contributed by atoms with E-state index >= 15 is 0 Å². The van der Waals surface area contributed by atoms with Crippen molar-refractivity contribution in [1.29, 1.82) is 0 Å². The number of aryl methyl sites for hydroxylation is 1. The van der Waals surface area contributed by atoms with E-state index in [4.69, 9.17) is 10.5 Å². The molecule has 3 N–H and O–H groups in total. The van der Waals surface area contributed by atoms with Crippen LogP contribution in [0.15, 0.2) is 18.2 Å². The maximum absolute atomic E-state index is 5.69. The maximum atomic E-state index is 5.69. The van der Waals surface area contributed by atoms with Crippen molar-refractivity contribution in [1.82, 2.24) is 9.97 Å². The average molecular weight is 275 g/mol. The van der Waals surface area contributed by atoms with Gasteiger partial charge in [-0.25, -0.2) is 4.98 Å². The Morgan fingerprint density at radius 2 is 2.10 bits per heavy atom. The summed E-state index contributed by atoms with van der Waals surface area (Å²) in [7, 11) is 1.68. The Balaban J connectivity index is 2.06. The number of hydrogen-bond donors (Lipinski definition) is 2.